The van der Waals surface area contributed by atoms with Crippen LogP contribution in [0, 0.1) is 29.4 Å². The van der Waals surface area contributed by atoms with Gasteiger partial charge in [-0.1, -0.05) is 12.8 Å². The van der Waals surface area contributed by atoms with Crippen LogP contribution in [0.15, 0.2) is 30.7 Å². The van der Waals surface area contributed by atoms with E-state index in [-0.39, 0.29) is 23.9 Å². The van der Waals surface area contributed by atoms with Crippen LogP contribution in [0.25, 0.3) is 16.7 Å². The molecule has 3 saturated heterocycles. The van der Waals surface area contributed by atoms with Gasteiger partial charge < -0.3 is 14.5 Å². The van der Waals surface area contributed by atoms with Gasteiger partial charge in [0.05, 0.1) is 23.8 Å². The van der Waals surface area contributed by atoms with E-state index in [1.165, 1.54) is 68.1 Å². The van der Waals surface area contributed by atoms with Gasteiger partial charge in [0, 0.05) is 50.2 Å². The predicted molar refractivity (Wildman–Crippen MR) is 183 cm³/mol. The van der Waals surface area contributed by atoms with Gasteiger partial charge in [-0.25, -0.2) is 28.4 Å². The largest absolute Gasteiger partial charge is 0.373 e. The minimum Gasteiger partial charge on any atom is -0.373 e. The molecule has 2 saturated carbocycles. The fourth-order valence-electron chi connectivity index (χ4n) is 10.2. The van der Waals surface area contributed by atoms with Gasteiger partial charge in [0.15, 0.2) is 11.5 Å². The number of hydrogen-bond acceptors (Lipinski definition) is 8. The Balaban J connectivity index is 1.11. The standard InChI is InChI=1S/C36H49ClF2N8O/c1-44-33-10-4-14-45(15-5-13-37)20-25-18-27(48-26-7-2-6-23(16-26)28-8-3-9-31(43-44)34(28)33)21-46(25)35-29-19-42-47(36(29)41-22-40-35)32-12-11-24(38)17-30(32)39/h11-12,17,19,22-23,25-28,31,33-34,43H,2-10,13-16,18,20-21H2,1H3/t23?,25-,26?,27-,28?,31?,33?,34?/m0/s1. The second-order valence-corrected chi connectivity index (χ2v) is 15.4. The van der Waals surface area contributed by atoms with Crippen molar-refractivity contribution in [1.82, 2.24) is 35.1 Å². The number of benzene rings is 1. The van der Waals surface area contributed by atoms with E-state index in [1.54, 1.807) is 6.20 Å². The molecule has 8 rings (SSSR count). The molecule has 2 aliphatic carbocycles. The molecule has 0 radical (unpaired) electrons. The molecule has 5 fully saturated rings. The van der Waals surface area contributed by atoms with E-state index < -0.39 is 11.6 Å². The number of halogens is 3. The summed E-state index contributed by atoms with van der Waals surface area (Å²) in [7, 11) is 2.28. The fourth-order valence-corrected chi connectivity index (χ4v) is 10.3. The Morgan fingerprint density at radius 3 is 2.77 bits per heavy atom. The Kier molecular flexibility index (Phi) is 9.59. The van der Waals surface area contributed by atoms with Crippen molar-refractivity contribution in [2.75, 3.05) is 44.0 Å². The van der Waals surface area contributed by atoms with Crippen molar-refractivity contribution in [3.05, 3.63) is 42.4 Å². The first-order valence-corrected chi connectivity index (χ1v) is 18.8. The van der Waals surface area contributed by atoms with Crippen molar-refractivity contribution in [2.24, 2.45) is 17.8 Å². The number of nitrogens with zero attached hydrogens (tertiary/aromatic N) is 7. The van der Waals surface area contributed by atoms with E-state index in [0.29, 0.717) is 23.6 Å². The van der Waals surface area contributed by atoms with E-state index in [2.05, 4.69) is 37.4 Å². The number of anilines is 1. The molecule has 2 aromatic heterocycles. The maximum Gasteiger partial charge on any atom is 0.168 e. The number of alkyl halides is 1. The third kappa shape index (κ3) is 6.34. The lowest BCUT2D eigenvalue weighted by Gasteiger charge is -2.43. The van der Waals surface area contributed by atoms with E-state index in [1.807, 2.05) is 0 Å². The maximum absolute atomic E-state index is 14.9. The lowest BCUT2D eigenvalue weighted by molar-refractivity contribution is -0.0465. The summed E-state index contributed by atoms with van der Waals surface area (Å²) in [4.78, 5) is 14.3. The van der Waals surface area contributed by atoms with Crippen LogP contribution in [0.4, 0.5) is 14.6 Å². The minimum atomic E-state index is -0.684. The molecule has 0 spiro atoms. The first-order valence-electron chi connectivity index (χ1n) is 18.3. The smallest absolute Gasteiger partial charge is 0.168 e. The molecule has 1 N–H and O–H groups in total. The van der Waals surface area contributed by atoms with Crippen LogP contribution >= 0.6 is 11.6 Å². The number of nitrogens with one attached hydrogen (secondary N) is 1. The van der Waals surface area contributed by atoms with Crippen molar-refractivity contribution >= 4 is 28.5 Å². The SMILES string of the molecule is CN1NC2CCCC3C4CCCC(C4)O[C@H]4C[C@@H](CN(CCCCl)CCCC1C23)N(c1ncnc2c1cnn2-c1ccc(F)cc1F)C4. The Hall–Kier alpha value is -2.44. The average molecular weight is 683 g/mol. The molecule has 5 heterocycles. The molecule has 48 heavy (non-hydrogen) atoms. The monoisotopic (exact) mass is 682 g/mol. The Labute approximate surface area is 287 Å². The number of aromatic nitrogens is 4. The summed E-state index contributed by atoms with van der Waals surface area (Å²) in [5.74, 6) is 2.34. The minimum absolute atomic E-state index is 0.0968. The number of ether oxygens (including phenoxy) is 1. The summed E-state index contributed by atoms with van der Waals surface area (Å²) in [6.07, 6.45) is 16.7. The second kappa shape index (κ2) is 14.1. The molecular weight excluding hydrogens is 634 g/mol. The Morgan fingerprint density at radius 1 is 1.00 bits per heavy atom. The lowest BCUT2D eigenvalue weighted by Crippen LogP contribution is -2.44. The normalized spacial score (nSPS) is 33.5. The molecule has 1 aromatic carbocycles. The first-order chi connectivity index (χ1) is 23.5. The molecule has 5 aliphatic rings. The predicted octanol–water partition coefficient (Wildman–Crippen LogP) is 5.94. The van der Waals surface area contributed by atoms with Gasteiger partial charge in [0.1, 0.15) is 23.6 Å². The van der Waals surface area contributed by atoms with Crippen LogP contribution in [-0.2, 0) is 4.74 Å². The molecule has 8 atom stereocenters. The van der Waals surface area contributed by atoms with Gasteiger partial charge in [-0.05, 0) is 101 Å². The summed E-state index contributed by atoms with van der Waals surface area (Å²) in [5, 5.41) is 7.73. The Morgan fingerprint density at radius 2 is 1.90 bits per heavy atom. The number of fused-ring (bicyclic) bond motifs is 6. The molecule has 12 heteroatoms. The quantitative estimate of drug-likeness (QED) is 0.332. The molecule has 9 nitrogen and oxygen atoms in total. The molecular formula is C36H49ClF2N8O. The highest BCUT2D eigenvalue weighted by molar-refractivity contribution is 6.17. The third-order valence-corrected chi connectivity index (χ3v) is 12.4. The lowest BCUT2D eigenvalue weighted by atomic mass is 9.64. The number of hydrazine groups is 1. The van der Waals surface area contributed by atoms with Crippen LogP contribution in [0.3, 0.4) is 0 Å². The van der Waals surface area contributed by atoms with Gasteiger partial charge >= 0.3 is 0 Å². The van der Waals surface area contributed by atoms with Crippen LogP contribution in [0.1, 0.15) is 70.6 Å². The average Bonchev–Trinajstić information content (AvgIpc) is 3.78. The zero-order chi connectivity index (χ0) is 32.8. The van der Waals surface area contributed by atoms with E-state index >= 15 is 0 Å². The van der Waals surface area contributed by atoms with Crippen molar-refractivity contribution in [2.45, 2.75) is 101 Å². The second-order valence-electron chi connectivity index (χ2n) is 15.0. The first kappa shape index (κ1) is 32.7. The van der Waals surface area contributed by atoms with Crippen molar-refractivity contribution in [3.63, 3.8) is 0 Å². The summed E-state index contributed by atoms with van der Waals surface area (Å²) in [5.41, 5.74) is 4.55. The summed E-state index contributed by atoms with van der Waals surface area (Å²) < 4.78 is 37.1. The highest BCUT2D eigenvalue weighted by Crippen LogP contribution is 2.47. The van der Waals surface area contributed by atoms with Gasteiger partial charge in [0.25, 0.3) is 0 Å². The van der Waals surface area contributed by atoms with E-state index in [0.717, 1.165) is 86.9 Å². The van der Waals surface area contributed by atoms with Crippen molar-refractivity contribution in [3.8, 4) is 5.69 Å². The molecule has 3 aromatic rings. The van der Waals surface area contributed by atoms with Crippen LogP contribution < -0.4 is 10.3 Å². The Bertz CT molecular complexity index is 1580. The summed E-state index contributed by atoms with van der Waals surface area (Å²) in [6.45, 7) is 3.62. The molecule has 4 bridgehead atoms. The van der Waals surface area contributed by atoms with Gasteiger partial charge in [-0.15, -0.1) is 11.6 Å². The maximum atomic E-state index is 14.9. The third-order valence-electron chi connectivity index (χ3n) is 12.2. The molecule has 6 unspecified atom stereocenters. The highest BCUT2D eigenvalue weighted by Gasteiger charge is 2.49. The van der Waals surface area contributed by atoms with Gasteiger partial charge in [0.2, 0.25) is 0 Å². The molecule has 3 aliphatic heterocycles. The van der Waals surface area contributed by atoms with Crippen LogP contribution in [-0.4, -0.2) is 99.1 Å². The molecule has 260 valence electrons. The van der Waals surface area contributed by atoms with Crippen molar-refractivity contribution < 1.29 is 13.5 Å². The van der Waals surface area contributed by atoms with Crippen LogP contribution in [0.5, 0.6) is 0 Å². The van der Waals surface area contributed by atoms with E-state index in [4.69, 9.17) is 21.3 Å². The number of hydrogen-bond donors (Lipinski definition) is 1. The topological polar surface area (TPSA) is 74.6 Å². The van der Waals surface area contributed by atoms with E-state index in [9.17, 15) is 8.78 Å². The molecule has 0 amide bonds. The summed E-state index contributed by atoms with van der Waals surface area (Å²) >= 11 is 6.25. The summed E-state index contributed by atoms with van der Waals surface area (Å²) in [6, 6.07) is 4.89. The van der Waals surface area contributed by atoms with Crippen molar-refractivity contribution in [1.29, 1.82) is 0 Å². The van der Waals surface area contributed by atoms with Crippen LogP contribution in [0.2, 0.25) is 0 Å². The zero-order valence-corrected chi connectivity index (χ0v) is 28.7. The van der Waals surface area contributed by atoms with Gasteiger partial charge in [-0.2, -0.15) is 5.10 Å². The highest BCUT2D eigenvalue weighted by atomic mass is 35.5. The number of rotatable bonds is 5. The zero-order valence-electron chi connectivity index (χ0n) is 28.0. The fraction of sp³-hybridized carbons (Fsp3) is 0.694. The van der Waals surface area contributed by atoms with Gasteiger partial charge in [-0.3, -0.25) is 5.43 Å².